The van der Waals surface area contributed by atoms with Crippen molar-refractivity contribution in [3.63, 3.8) is 0 Å². The summed E-state index contributed by atoms with van der Waals surface area (Å²) < 4.78 is 0. The quantitative estimate of drug-likeness (QED) is 0.697. The van der Waals surface area contributed by atoms with Gasteiger partial charge in [-0.2, -0.15) is 12.6 Å². The molecule has 1 unspecified atom stereocenters. The molecule has 72 valence electrons. The van der Waals surface area contributed by atoms with Crippen molar-refractivity contribution in [3.8, 4) is 5.75 Å². The number of phenols is 1. The van der Waals surface area contributed by atoms with Gasteiger partial charge in [0.25, 0.3) is 0 Å². The van der Waals surface area contributed by atoms with Gasteiger partial charge in [0.2, 0.25) is 0 Å². The van der Waals surface area contributed by atoms with Crippen molar-refractivity contribution in [2.75, 3.05) is 0 Å². The van der Waals surface area contributed by atoms with Crippen LogP contribution in [0, 0.1) is 0 Å². The Balaban J connectivity index is 3.14. The molecule has 2 heteroatoms. The van der Waals surface area contributed by atoms with Crippen LogP contribution in [0.4, 0.5) is 0 Å². The summed E-state index contributed by atoms with van der Waals surface area (Å²) in [6.45, 7) is 6.20. The highest BCUT2D eigenvalue weighted by Gasteiger charge is 2.27. The van der Waals surface area contributed by atoms with Crippen molar-refractivity contribution < 1.29 is 5.11 Å². The van der Waals surface area contributed by atoms with Crippen molar-refractivity contribution in [2.24, 2.45) is 0 Å². The summed E-state index contributed by atoms with van der Waals surface area (Å²) in [5, 5.41) is 9.87. The number of aromatic hydroxyl groups is 1. The second-order valence-corrected chi connectivity index (χ2v) is 4.69. The van der Waals surface area contributed by atoms with E-state index in [0.29, 0.717) is 5.75 Å². The molecule has 0 fully saturated rings. The van der Waals surface area contributed by atoms with Crippen molar-refractivity contribution >= 4 is 12.6 Å². The second-order valence-electron chi connectivity index (χ2n) is 3.91. The lowest BCUT2D eigenvalue weighted by atomic mass is 9.81. The minimum atomic E-state index is -0.103. The molecule has 0 saturated carbocycles. The van der Waals surface area contributed by atoms with Crippen molar-refractivity contribution in [1.29, 1.82) is 0 Å². The maximum absolute atomic E-state index is 9.66. The monoisotopic (exact) mass is 196 g/mol. The minimum absolute atomic E-state index is 0.103. The average molecular weight is 196 g/mol. The van der Waals surface area contributed by atoms with Gasteiger partial charge >= 0.3 is 0 Å². The van der Waals surface area contributed by atoms with E-state index < -0.39 is 0 Å². The van der Waals surface area contributed by atoms with E-state index in [0.717, 1.165) is 5.56 Å². The SMILES string of the molecule is CC(S)C(C)(C)c1ccccc1O. The Kier molecular flexibility index (Phi) is 2.91. The molecule has 1 rings (SSSR count). The molecule has 0 amide bonds. The molecule has 0 radical (unpaired) electrons. The average Bonchev–Trinajstić information content (AvgIpc) is 2.04. The highest BCUT2D eigenvalue weighted by atomic mass is 32.1. The van der Waals surface area contributed by atoms with E-state index in [1.54, 1.807) is 6.07 Å². The lowest BCUT2D eigenvalue weighted by Gasteiger charge is -2.29. The van der Waals surface area contributed by atoms with Gasteiger partial charge < -0.3 is 5.11 Å². The molecule has 0 saturated heterocycles. The molecular weight excluding hydrogens is 180 g/mol. The van der Waals surface area contributed by atoms with Crippen LogP contribution in [-0.4, -0.2) is 10.4 Å². The first-order valence-corrected chi connectivity index (χ1v) is 4.94. The third kappa shape index (κ3) is 1.99. The molecule has 1 nitrogen and oxygen atoms in total. The summed E-state index contributed by atoms with van der Waals surface area (Å²) in [6, 6.07) is 7.43. The molecule has 0 aliphatic heterocycles. The largest absolute Gasteiger partial charge is 0.508 e. The first-order chi connectivity index (χ1) is 5.96. The fourth-order valence-electron chi connectivity index (χ4n) is 1.24. The summed E-state index contributed by atoms with van der Waals surface area (Å²) >= 11 is 4.43. The van der Waals surface area contributed by atoms with Gasteiger partial charge in [-0.1, -0.05) is 39.0 Å². The fourth-order valence-corrected chi connectivity index (χ4v) is 1.38. The smallest absolute Gasteiger partial charge is 0.119 e. The van der Waals surface area contributed by atoms with Crippen LogP contribution in [0.3, 0.4) is 0 Å². The molecule has 0 aliphatic rings. The van der Waals surface area contributed by atoms with Crippen LogP contribution in [0.25, 0.3) is 0 Å². The normalized spacial score (nSPS) is 14.2. The number of rotatable bonds is 2. The Labute approximate surface area is 85.2 Å². The topological polar surface area (TPSA) is 20.2 Å². The number of phenolic OH excluding ortho intramolecular Hbond substituents is 1. The first kappa shape index (κ1) is 10.5. The lowest BCUT2D eigenvalue weighted by molar-refractivity contribution is 0.434. The van der Waals surface area contributed by atoms with Crippen LogP contribution in [0.5, 0.6) is 5.75 Å². The Morgan fingerprint density at radius 2 is 1.85 bits per heavy atom. The van der Waals surface area contributed by atoms with Crippen LogP contribution in [0.15, 0.2) is 24.3 Å². The number of thiol groups is 1. The Morgan fingerprint density at radius 1 is 1.31 bits per heavy atom. The zero-order valence-electron chi connectivity index (χ0n) is 8.28. The van der Waals surface area contributed by atoms with Crippen LogP contribution in [0.1, 0.15) is 26.3 Å². The number of hydrogen-bond donors (Lipinski definition) is 2. The molecular formula is C11H16OS. The zero-order chi connectivity index (χ0) is 10.1. The molecule has 1 atom stereocenters. The van der Waals surface area contributed by atoms with Crippen molar-refractivity contribution in [1.82, 2.24) is 0 Å². The standard InChI is InChI=1S/C11H16OS/c1-8(13)11(2,3)9-6-4-5-7-10(9)12/h4-8,12-13H,1-3H3. The van der Waals surface area contributed by atoms with E-state index in [2.05, 4.69) is 26.5 Å². The second kappa shape index (κ2) is 3.62. The van der Waals surface area contributed by atoms with Crippen molar-refractivity contribution in [3.05, 3.63) is 29.8 Å². The molecule has 1 aromatic carbocycles. The van der Waals surface area contributed by atoms with Crippen LogP contribution in [-0.2, 0) is 5.41 Å². The highest BCUT2D eigenvalue weighted by molar-refractivity contribution is 7.81. The molecule has 1 N–H and O–H groups in total. The fraction of sp³-hybridized carbons (Fsp3) is 0.455. The van der Waals surface area contributed by atoms with E-state index >= 15 is 0 Å². The lowest BCUT2D eigenvalue weighted by Crippen LogP contribution is -2.27. The summed E-state index contributed by atoms with van der Waals surface area (Å²) in [7, 11) is 0. The summed E-state index contributed by atoms with van der Waals surface area (Å²) in [5.41, 5.74) is 0.853. The zero-order valence-corrected chi connectivity index (χ0v) is 9.18. The first-order valence-electron chi connectivity index (χ1n) is 4.43. The molecule has 13 heavy (non-hydrogen) atoms. The predicted octanol–water partition coefficient (Wildman–Crippen LogP) is 2.99. The van der Waals surface area contributed by atoms with E-state index in [4.69, 9.17) is 0 Å². The molecule has 0 spiro atoms. The van der Waals surface area contributed by atoms with Gasteiger partial charge in [-0.3, -0.25) is 0 Å². The maximum Gasteiger partial charge on any atom is 0.119 e. The van der Waals surface area contributed by atoms with Gasteiger partial charge in [0.05, 0.1) is 0 Å². The summed E-state index contributed by atoms with van der Waals surface area (Å²) in [5.74, 6) is 0.355. The maximum atomic E-state index is 9.66. The minimum Gasteiger partial charge on any atom is -0.508 e. The summed E-state index contributed by atoms with van der Waals surface area (Å²) in [6.07, 6.45) is 0. The van der Waals surface area contributed by atoms with E-state index in [-0.39, 0.29) is 10.7 Å². The molecule has 0 heterocycles. The third-order valence-electron chi connectivity index (χ3n) is 2.64. The molecule has 0 aromatic heterocycles. The number of benzene rings is 1. The highest BCUT2D eigenvalue weighted by Crippen LogP contribution is 2.35. The predicted molar refractivity (Wildman–Crippen MR) is 59.6 cm³/mol. The van der Waals surface area contributed by atoms with Gasteiger partial charge in [-0.05, 0) is 6.07 Å². The molecule has 0 bridgehead atoms. The van der Waals surface area contributed by atoms with Gasteiger partial charge in [-0.25, -0.2) is 0 Å². The molecule has 0 aliphatic carbocycles. The van der Waals surface area contributed by atoms with Crippen LogP contribution < -0.4 is 0 Å². The number of para-hydroxylation sites is 1. The Morgan fingerprint density at radius 3 is 2.31 bits per heavy atom. The van der Waals surface area contributed by atoms with Gasteiger partial charge in [0.1, 0.15) is 5.75 Å². The van der Waals surface area contributed by atoms with E-state index in [1.165, 1.54) is 0 Å². The van der Waals surface area contributed by atoms with Crippen LogP contribution in [0.2, 0.25) is 0 Å². The van der Waals surface area contributed by atoms with Crippen molar-refractivity contribution in [2.45, 2.75) is 31.4 Å². The molecule has 1 aromatic rings. The Hall–Kier alpha value is -0.630. The van der Waals surface area contributed by atoms with Crippen LogP contribution >= 0.6 is 12.6 Å². The van der Waals surface area contributed by atoms with Gasteiger partial charge in [0, 0.05) is 16.2 Å². The Bertz CT molecular complexity index is 292. The van der Waals surface area contributed by atoms with E-state index in [1.807, 2.05) is 25.1 Å². The third-order valence-corrected chi connectivity index (χ3v) is 3.29. The van der Waals surface area contributed by atoms with E-state index in [9.17, 15) is 5.11 Å². The van der Waals surface area contributed by atoms with Gasteiger partial charge in [0.15, 0.2) is 0 Å². The van der Waals surface area contributed by atoms with Gasteiger partial charge in [-0.15, -0.1) is 0 Å². The summed E-state index contributed by atoms with van der Waals surface area (Å²) in [4.78, 5) is 0. The number of hydrogen-bond acceptors (Lipinski definition) is 2.